The molecule has 0 atom stereocenters. The minimum Gasteiger partial charge on any atom is -0.872 e. The average molecular weight is 250 g/mol. The van der Waals surface area contributed by atoms with Crippen molar-refractivity contribution in [2.75, 3.05) is 6.61 Å². The summed E-state index contributed by atoms with van der Waals surface area (Å²) in [6.45, 7) is 2.14. The highest BCUT2D eigenvalue weighted by molar-refractivity contribution is 5.19. The van der Waals surface area contributed by atoms with Crippen LogP contribution in [0.25, 0.3) is 0 Å². The van der Waals surface area contributed by atoms with Crippen molar-refractivity contribution in [1.29, 1.82) is 0 Å². The Morgan fingerprint density at radius 3 is 1.88 bits per heavy atom. The molecule has 0 spiro atoms. The maximum Gasteiger partial charge on any atom is 0.420 e. The highest BCUT2D eigenvalue weighted by Gasteiger charge is 2.51. The summed E-state index contributed by atoms with van der Waals surface area (Å²) in [4.78, 5) is 0. The third-order valence-electron chi connectivity index (χ3n) is 1.40. The first-order valence-electron chi connectivity index (χ1n) is 4.08. The Labute approximate surface area is 87.5 Å². The van der Waals surface area contributed by atoms with Crippen LogP contribution in [0.4, 0.5) is 26.3 Å². The van der Waals surface area contributed by atoms with Crippen molar-refractivity contribution in [3.05, 3.63) is 17.9 Å². The van der Waals surface area contributed by atoms with Crippen LogP contribution in [0, 0.1) is 6.61 Å². The van der Waals surface area contributed by atoms with Crippen LogP contribution in [0.3, 0.4) is 0 Å². The van der Waals surface area contributed by atoms with E-state index in [9.17, 15) is 31.4 Å². The summed E-state index contributed by atoms with van der Waals surface area (Å²) in [5, 5.41) is 10.7. The number of halogens is 6. The van der Waals surface area contributed by atoms with Crippen LogP contribution < -0.4 is 5.11 Å². The fourth-order valence-electron chi connectivity index (χ4n) is 0.831. The predicted molar refractivity (Wildman–Crippen MR) is 39.7 cm³/mol. The number of alkyl halides is 6. The third-order valence-corrected chi connectivity index (χ3v) is 1.40. The smallest absolute Gasteiger partial charge is 0.420 e. The van der Waals surface area contributed by atoms with E-state index in [-0.39, 0.29) is 6.61 Å². The topological polar surface area (TPSA) is 32.3 Å². The zero-order valence-corrected chi connectivity index (χ0v) is 8.08. The number of hydrogen-bond donors (Lipinski definition) is 0. The molecule has 0 aromatic carbocycles. The van der Waals surface area contributed by atoms with Gasteiger partial charge >= 0.3 is 12.4 Å². The number of allylic oxidation sites excluding steroid dienone is 1. The normalized spacial score (nSPS) is 12.4. The Morgan fingerprint density at radius 1 is 1.12 bits per heavy atom. The van der Waals surface area contributed by atoms with Gasteiger partial charge in [0.1, 0.15) is 12.0 Å². The lowest BCUT2D eigenvalue weighted by atomic mass is 10.1. The van der Waals surface area contributed by atoms with E-state index in [0.29, 0.717) is 6.61 Å². The van der Waals surface area contributed by atoms with Crippen LogP contribution >= 0.6 is 0 Å². The quantitative estimate of drug-likeness (QED) is 0.332. The van der Waals surface area contributed by atoms with E-state index in [4.69, 9.17) is 0 Å². The van der Waals surface area contributed by atoms with E-state index in [2.05, 4.69) is 4.74 Å². The van der Waals surface area contributed by atoms with Crippen molar-refractivity contribution in [1.82, 2.24) is 0 Å². The molecule has 0 aromatic rings. The van der Waals surface area contributed by atoms with Crippen molar-refractivity contribution in [2.45, 2.75) is 25.7 Å². The summed E-state index contributed by atoms with van der Waals surface area (Å²) < 4.78 is 76.0. The van der Waals surface area contributed by atoms with E-state index in [1.165, 1.54) is 6.92 Å². The number of hydrogen-bond acceptors (Lipinski definition) is 2. The van der Waals surface area contributed by atoms with Gasteiger partial charge in [0.25, 0.3) is 0 Å². The van der Waals surface area contributed by atoms with Gasteiger partial charge in [0.05, 0.1) is 6.61 Å². The molecule has 0 aromatic heterocycles. The Balaban J connectivity index is 4.94. The van der Waals surface area contributed by atoms with E-state index in [1.54, 1.807) is 0 Å². The summed E-state index contributed by atoms with van der Waals surface area (Å²) in [6.07, 6.45) is -12.5. The molecule has 0 aliphatic carbocycles. The molecule has 0 unspecified atom stereocenters. The first-order valence-corrected chi connectivity index (χ1v) is 4.08. The summed E-state index contributed by atoms with van der Waals surface area (Å²) in [5.74, 6) is -2.06. The minimum atomic E-state index is -5.71. The second-order valence-electron chi connectivity index (χ2n) is 2.62. The molecule has 94 valence electrons. The molecule has 0 radical (unpaired) electrons. The molecular formula is C8H8F6O2. The SMILES string of the molecule is CCO[CH+]CC([O-])=C(C(F)(F)F)C(F)(F)F. The fraction of sp³-hybridized carbons (Fsp3) is 0.625. The van der Waals surface area contributed by atoms with Gasteiger partial charge in [-0.15, -0.1) is 0 Å². The van der Waals surface area contributed by atoms with Crippen LogP contribution in [0.5, 0.6) is 0 Å². The van der Waals surface area contributed by atoms with E-state index < -0.39 is 30.1 Å². The summed E-state index contributed by atoms with van der Waals surface area (Å²) in [6, 6.07) is 0. The second-order valence-corrected chi connectivity index (χ2v) is 2.62. The van der Waals surface area contributed by atoms with E-state index in [1.807, 2.05) is 0 Å². The lowest BCUT2D eigenvalue weighted by Gasteiger charge is -2.20. The predicted octanol–water partition coefficient (Wildman–Crippen LogP) is 2.31. The van der Waals surface area contributed by atoms with Crippen molar-refractivity contribution in [2.24, 2.45) is 0 Å². The minimum absolute atomic E-state index is 0.0562. The maximum atomic E-state index is 11.9. The third kappa shape index (κ3) is 4.65. The molecule has 0 bridgehead atoms. The molecule has 0 saturated heterocycles. The highest BCUT2D eigenvalue weighted by Crippen LogP contribution is 2.40. The van der Waals surface area contributed by atoms with Crippen LogP contribution in [0.1, 0.15) is 13.3 Å². The lowest BCUT2D eigenvalue weighted by molar-refractivity contribution is -0.318. The molecule has 2 nitrogen and oxygen atoms in total. The molecular weight excluding hydrogens is 242 g/mol. The molecule has 0 N–H and O–H groups in total. The highest BCUT2D eigenvalue weighted by atomic mass is 19.4. The van der Waals surface area contributed by atoms with E-state index >= 15 is 0 Å². The van der Waals surface area contributed by atoms with Crippen LogP contribution in [-0.4, -0.2) is 19.0 Å². The molecule has 0 aliphatic heterocycles. The van der Waals surface area contributed by atoms with Gasteiger partial charge in [-0.1, -0.05) is 5.76 Å². The molecule has 0 heterocycles. The van der Waals surface area contributed by atoms with Crippen molar-refractivity contribution >= 4 is 0 Å². The molecule has 8 heteroatoms. The van der Waals surface area contributed by atoms with Crippen molar-refractivity contribution in [3.8, 4) is 0 Å². The first kappa shape index (κ1) is 14.9. The van der Waals surface area contributed by atoms with Crippen molar-refractivity contribution < 1.29 is 36.2 Å². The Bertz CT molecular complexity index is 236. The van der Waals surface area contributed by atoms with Gasteiger partial charge in [0, 0.05) is 0 Å². The summed E-state index contributed by atoms with van der Waals surface area (Å²) >= 11 is 0. The van der Waals surface area contributed by atoms with Crippen molar-refractivity contribution in [3.63, 3.8) is 0 Å². The first-order chi connectivity index (χ1) is 7.10. The Morgan fingerprint density at radius 2 is 1.56 bits per heavy atom. The summed E-state index contributed by atoms with van der Waals surface area (Å²) in [7, 11) is 0. The van der Waals surface area contributed by atoms with E-state index in [0.717, 1.165) is 0 Å². The fourth-order valence-corrected chi connectivity index (χ4v) is 0.831. The molecule has 0 saturated carbocycles. The average Bonchev–Trinajstić information content (AvgIpc) is 1.98. The Kier molecular flexibility index (Phi) is 4.98. The van der Waals surface area contributed by atoms with Gasteiger partial charge in [-0.05, 0) is 6.92 Å². The lowest BCUT2D eigenvalue weighted by Crippen LogP contribution is -2.31. The van der Waals surface area contributed by atoms with Gasteiger partial charge in [-0.25, -0.2) is 0 Å². The standard InChI is InChI=1S/C8H8F6O2/c1-2-16-4-3-5(15)6(7(9,10)11)8(12,13)14/h4H,2-3H2,1H3. The van der Waals surface area contributed by atoms with Gasteiger partial charge < -0.3 is 5.11 Å². The van der Waals surface area contributed by atoms with Gasteiger partial charge in [0.2, 0.25) is 6.61 Å². The second kappa shape index (κ2) is 5.33. The van der Waals surface area contributed by atoms with Crippen LogP contribution in [0.15, 0.2) is 11.3 Å². The van der Waals surface area contributed by atoms with Crippen LogP contribution in [-0.2, 0) is 4.74 Å². The zero-order valence-electron chi connectivity index (χ0n) is 8.08. The maximum absolute atomic E-state index is 11.9. The van der Waals surface area contributed by atoms with Crippen LogP contribution in [0.2, 0.25) is 0 Å². The molecule has 0 fully saturated rings. The monoisotopic (exact) mass is 250 g/mol. The largest absolute Gasteiger partial charge is 0.872 e. The summed E-state index contributed by atoms with van der Waals surface area (Å²) in [5.41, 5.74) is -3.02. The zero-order chi connectivity index (χ0) is 13.0. The molecule has 16 heavy (non-hydrogen) atoms. The van der Waals surface area contributed by atoms with Gasteiger partial charge in [-0.3, -0.25) is 0 Å². The Hall–Kier alpha value is -1.05. The number of ether oxygens (including phenoxy) is 1. The van der Waals surface area contributed by atoms with Gasteiger partial charge in [-0.2, -0.15) is 31.1 Å². The molecule has 0 rings (SSSR count). The van der Waals surface area contributed by atoms with Gasteiger partial charge in [0.15, 0.2) is 0 Å². The molecule has 0 aliphatic rings. The molecule has 0 amide bonds. The number of rotatable bonds is 4.